The molecule has 2 atom stereocenters. The molecule has 0 saturated heterocycles. The van der Waals surface area contributed by atoms with Crippen molar-refractivity contribution < 1.29 is 4.79 Å². The number of hydrogen-bond acceptors (Lipinski definition) is 2. The van der Waals surface area contributed by atoms with Gasteiger partial charge in [-0.15, -0.1) is 0 Å². The molecule has 1 aliphatic carbocycles. The fraction of sp³-hybridized carbons (Fsp3) is 0.909. The fourth-order valence-corrected chi connectivity index (χ4v) is 2.23. The molecular weight excluding hydrogens is 162 g/mol. The summed E-state index contributed by atoms with van der Waals surface area (Å²) in [4.78, 5) is 14.1. The molecule has 0 spiro atoms. The molecule has 74 valence electrons. The molecule has 1 saturated carbocycles. The predicted octanol–water partition coefficient (Wildman–Crippen LogP) is 3.07. The molecule has 1 fully saturated rings. The Morgan fingerprint density at radius 1 is 1.38 bits per heavy atom. The van der Waals surface area contributed by atoms with Gasteiger partial charge in [-0.2, -0.15) is 0 Å². The maximum absolute atomic E-state index is 10.2. The summed E-state index contributed by atoms with van der Waals surface area (Å²) in [7, 11) is 0. The predicted molar refractivity (Wildman–Crippen MR) is 53.4 cm³/mol. The van der Waals surface area contributed by atoms with Crippen LogP contribution in [0.15, 0.2) is 4.99 Å². The van der Waals surface area contributed by atoms with Crippen LogP contribution in [0.3, 0.4) is 0 Å². The fourth-order valence-electron chi connectivity index (χ4n) is 2.23. The van der Waals surface area contributed by atoms with E-state index in [4.69, 9.17) is 0 Å². The van der Waals surface area contributed by atoms with Gasteiger partial charge in [0.15, 0.2) is 0 Å². The van der Waals surface area contributed by atoms with Crippen LogP contribution in [0.1, 0.15) is 51.9 Å². The lowest BCUT2D eigenvalue weighted by Gasteiger charge is -2.27. The Morgan fingerprint density at radius 2 is 2.15 bits per heavy atom. The topological polar surface area (TPSA) is 29.4 Å². The third kappa shape index (κ3) is 3.31. The monoisotopic (exact) mass is 181 g/mol. The summed E-state index contributed by atoms with van der Waals surface area (Å²) < 4.78 is 0. The van der Waals surface area contributed by atoms with Crippen molar-refractivity contribution in [3.05, 3.63) is 0 Å². The highest BCUT2D eigenvalue weighted by atomic mass is 16.1. The van der Waals surface area contributed by atoms with Crippen molar-refractivity contribution in [2.24, 2.45) is 10.9 Å². The average Bonchev–Trinajstić information content (AvgIpc) is 2.17. The minimum absolute atomic E-state index is 0.290. The molecule has 0 radical (unpaired) electrons. The van der Waals surface area contributed by atoms with E-state index in [2.05, 4.69) is 11.9 Å². The molecule has 0 aromatic heterocycles. The van der Waals surface area contributed by atoms with Gasteiger partial charge in [0, 0.05) is 0 Å². The van der Waals surface area contributed by atoms with Gasteiger partial charge in [-0.25, -0.2) is 9.79 Å². The number of hydrogen-bond donors (Lipinski definition) is 0. The molecule has 0 aromatic carbocycles. The third-order valence-electron chi connectivity index (χ3n) is 3.02. The van der Waals surface area contributed by atoms with Crippen LogP contribution < -0.4 is 0 Å². The molecular formula is C11H19NO. The molecule has 0 heterocycles. The molecule has 13 heavy (non-hydrogen) atoms. The van der Waals surface area contributed by atoms with E-state index >= 15 is 0 Å². The van der Waals surface area contributed by atoms with Crippen molar-refractivity contribution in [3.8, 4) is 0 Å². The van der Waals surface area contributed by atoms with E-state index in [1.165, 1.54) is 38.5 Å². The van der Waals surface area contributed by atoms with Crippen LogP contribution in [0, 0.1) is 5.92 Å². The quantitative estimate of drug-likeness (QED) is 0.484. The number of aliphatic imine (C=N–C) groups is 1. The first kappa shape index (κ1) is 10.5. The van der Waals surface area contributed by atoms with Crippen LogP contribution in [0.5, 0.6) is 0 Å². The van der Waals surface area contributed by atoms with Gasteiger partial charge < -0.3 is 0 Å². The molecule has 1 rings (SSSR count). The number of nitrogens with zero attached hydrogens (tertiary/aromatic N) is 1. The lowest BCUT2D eigenvalue weighted by atomic mass is 9.82. The van der Waals surface area contributed by atoms with Gasteiger partial charge >= 0.3 is 0 Å². The van der Waals surface area contributed by atoms with Crippen molar-refractivity contribution in [1.29, 1.82) is 0 Å². The summed E-state index contributed by atoms with van der Waals surface area (Å²) in [6.45, 7) is 2.21. The molecule has 0 aliphatic heterocycles. The van der Waals surface area contributed by atoms with Gasteiger partial charge in [-0.05, 0) is 25.2 Å². The van der Waals surface area contributed by atoms with E-state index in [1.807, 2.05) is 0 Å². The van der Waals surface area contributed by atoms with Gasteiger partial charge in [0.1, 0.15) is 0 Å². The Kier molecular flexibility index (Phi) is 4.77. The number of isocyanates is 1. The highest BCUT2D eigenvalue weighted by Crippen LogP contribution is 2.30. The standard InChI is InChI=1S/C11H19NO/c1-2-3-6-10-7-4-5-8-11(10)12-9-13/h10-11H,2-8H2,1H3. The van der Waals surface area contributed by atoms with Crippen LogP contribution in [-0.2, 0) is 4.79 Å². The largest absolute Gasteiger partial charge is 0.235 e. The minimum Gasteiger partial charge on any atom is -0.211 e. The summed E-state index contributed by atoms with van der Waals surface area (Å²) >= 11 is 0. The molecule has 2 unspecified atom stereocenters. The van der Waals surface area contributed by atoms with E-state index < -0.39 is 0 Å². The lowest BCUT2D eigenvalue weighted by molar-refractivity contribution is 0.287. The molecule has 0 bridgehead atoms. The Bertz CT molecular complexity index is 185. The lowest BCUT2D eigenvalue weighted by Crippen LogP contribution is -2.22. The van der Waals surface area contributed by atoms with Crippen molar-refractivity contribution >= 4 is 6.08 Å². The summed E-state index contributed by atoms with van der Waals surface area (Å²) in [6, 6.07) is 0.290. The van der Waals surface area contributed by atoms with Gasteiger partial charge in [0.05, 0.1) is 6.04 Å². The highest BCUT2D eigenvalue weighted by Gasteiger charge is 2.23. The first-order chi connectivity index (χ1) is 6.38. The second-order valence-corrected chi connectivity index (χ2v) is 3.97. The smallest absolute Gasteiger partial charge is 0.211 e. The highest BCUT2D eigenvalue weighted by molar-refractivity contribution is 5.33. The first-order valence-corrected chi connectivity index (χ1v) is 5.45. The van der Waals surface area contributed by atoms with Crippen LogP contribution in [0.2, 0.25) is 0 Å². The van der Waals surface area contributed by atoms with Crippen molar-refractivity contribution in [3.63, 3.8) is 0 Å². The average molecular weight is 181 g/mol. The van der Waals surface area contributed by atoms with Crippen LogP contribution >= 0.6 is 0 Å². The summed E-state index contributed by atoms with van der Waals surface area (Å²) in [5, 5.41) is 0. The van der Waals surface area contributed by atoms with Crippen molar-refractivity contribution in [2.45, 2.75) is 57.9 Å². The summed E-state index contributed by atoms with van der Waals surface area (Å²) in [5.41, 5.74) is 0. The summed E-state index contributed by atoms with van der Waals surface area (Å²) in [5.74, 6) is 0.662. The zero-order valence-corrected chi connectivity index (χ0v) is 8.46. The molecule has 0 aromatic rings. The third-order valence-corrected chi connectivity index (χ3v) is 3.02. The van der Waals surface area contributed by atoms with Crippen LogP contribution in [0.4, 0.5) is 0 Å². The van der Waals surface area contributed by atoms with Crippen LogP contribution in [-0.4, -0.2) is 12.1 Å². The van der Waals surface area contributed by atoms with Gasteiger partial charge in [-0.3, -0.25) is 0 Å². The maximum atomic E-state index is 10.2. The van der Waals surface area contributed by atoms with Crippen molar-refractivity contribution in [1.82, 2.24) is 0 Å². The van der Waals surface area contributed by atoms with Gasteiger partial charge in [-0.1, -0.05) is 32.6 Å². The Labute approximate surface area is 80.4 Å². The van der Waals surface area contributed by atoms with E-state index in [1.54, 1.807) is 6.08 Å². The number of rotatable bonds is 4. The van der Waals surface area contributed by atoms with E-state index in [0.29, 0.717) is 5.92 Å². The zero-order valence-electron chi connectivity index (χ0n) is 8.46. The number of carbonyl (C=O) groups excluding carboxylic acids is 1. The first-order valence-electron chi connectivity index (χ1n) is 5.45. The molecule has 2 heteroatoms. The molecule has 2 nitrogen and oxygen atoms in total. The Balaban J connectivity index is 2.41. The molecule has 0 N–H and O–H groups in total. The zero-order chi connectivity index (χ0) is 9.52. The van der Waals surface area contributed by atoms with E-state index in [-0.39, 0.29) is 6.04 Å². The SMILES string of the molecule is CCCCC1CCCCC1N=C=O. The second kappa shape index (κ2) is 5.93. The van der Waals surface area contributed by atoms with Crippen molar-refractivity contribution in [2.75, 3.05) is 0 Å². The molecule has 1 aliphatic rings. The number of unbranched alkanes of at least 4 members (excludes halogenated alkanes) is 1. The Hall–Kier alpha value is -0.620. The second-order valence-electron chi connectivity index (χ2n) is 3.97. The molecule has 0 amide bonds. The van der Waals surface area contributed by atoms with Gasteiger partial charge in [0.25, 0.3) is 0 Å². The van der Waals surface area contributed by atoms with Crippen LogP contribution in [0.25, 0.3) is 0 Å². The minimum atomic E-state index is 0.290. The Morgan fingerprint density at radius 3 is 2.85 bits per heavy atom. The maximum Gasteiger partial charge on any atom is 0.235 e. The summed E-state index contributed by atoms with van der Waals surface area (Å²) in [6.07, 6.45) is 10.4. The van der Waals surface area contributed by atoms with E-state index in [0.717, 1.165) is 6.42 Å². The normalized spacial score (nSPS) is 28.1. The van der Waals surface area contributed by atoms with Gasteiger partial charge in [0.2, 0.25) is 6.08 Å². The van der Waals surface area contributed by atoms with E-state index in [9.17, 15) is 4.79 Å².